The van der Waals surface area contributed by atoms with Crippen molar-refractivity contribution in [1.82, 2.24) is 5.32 Å². The number of hydrogen-bond donors (Lipinski definition) is 1. The number of amides is 1. The summed E-state index contributed by atoms with van der Waals surface area (Å²) in [5.74, 6) is -1.84. The minimum Gasteiger partial charge on any atom is -0.336 e. The largest absolute Gasteiger partial charge is 0.336 e. The van der Waals surface area contributed by atoms with Gasteiger partial charge in [0.1, 0.15) is 0 Å². The Hall–Kier alpha value is -1.03. The molecule has 0 unspecified atom stereocenters. The second-order valence-electron chi connectivity index (χ2n) is 5.58. The first kappa shape index (κ1) is 21.3. The average molecular weight is 435 g/mol. The number of halogens is 3. The summed E-state index contributed by atoms with van der Waals surface area (Å²) in [6, 6.07) is 15.4. The summed E-state index contributed by atoms with van der Waals surface area (Å²) in [7, 11) is -3.72. The molecule has 0 saturated carbocycles. The predicted molar refractivity (Wildman–Crippen MR) is 108 cm³/mol. The zero-order valence-electron chi connectivity index (χ0n) is 14.3. The number of benzene rings is 2. The molecule has 140 valence electrons. The van der Waals surface area contributed by atoms with Crippen LogP contribution in [0, 0.1) is 6.92 Å². The minimum atomic E-state index is -3.72. The van der Waals surface area contributed by atoms with Gasteiger partial charge in [0.2, 0.25) is 3.79 Å². The molecule has 0 saturated heterocycles. The van der Waals surface area contributed by atoms with Gasteiger partial charge in [-0.15, -0.1) is 0 Å². The maximum Gasteiger partial charge on any atom is 0.258 e. The normalized spacial score (nSPS) is 15.1. The van der Waals surface area contributed by atoms with E-state index in [0.717, 1.165) is 5.56 Å². The Labute approximate surface area is 168 Å². The van der Waals surface area contributed by atoms with Gasteiger partial charge in [0, 0.05) is 10.9 Å². The van der Waals surface area contributed by atoms with Crippen LogP contribution in [0.5, 0.6) is 0 Å². The van der Waals surface area contributed by atoms with Gasteiger partial charge in [0.05, 0.1) is 6.61 Å². The van der Waals surface area contributed by atoms with E-state index in [0.29, 0.717) is 10.9 Å². The van der Waals surface area contributed by atoms with Crippen molar-refractivity contribution in [3.8, 4) is 0 Å². The van der Waals surface area contributed by atoms with Crippen LogP contribution in [0.15, 0.2) is 54.6 Å². The fourth-order valence-electron chi connectivity index (χ4n) is 2.51. The van der Waals surface area contributed by atoms with Crippen molar-refractivity contribution in [2.24, 2.45) is 0 Å². The molecular weight excluding hydrogens is 416 g/mol. The fraction of sp³-hybridized carbons (Fsp3) is 0.278. The van der Waals surface area contributed by atoms with E-state index in [9.17, 15) is 9.36 Å². The minimum absolute atomic E-state index is 0.129. The Kier molecular flexibility index (Phi) is 7.18. The van der Waals surface area contributed by atoms with Gasteiger partial charge in [-0.25, -0.2) is 0 Å². The monoisotopic (exact) mass is 433 g/mol. The number of carbonyl (C=O) groups is 1. The van der Waals surface area contributed by atoms with Gasteiger partial charge < -0.3 is 9.84 Å². The topological polar surface area (TPSA) is 55.4 Å². The smallest absolute Gasteiger partial charge is 0.258 e. The highest BCUT2D eigenvalue weighted by Gasteiger charge is 2.49. The number of rotatable bonds is 6. The molecule has 0 fully saturated rings. The molecular formula is C18H19Cl3NO3P. The highest BCUT2D eigenvalue weighted by Crippen LogP contribution is 2.57. The molecule has 1 N–H and O–H groups in total. The second kappa shape index (κ2) is 8.77. The van der Waals surface area contributed by atoms with Crippen LogP contribution >= 0.6 is 42.2 Å². The van der Waals surface area contributed by atoms with Gasteiger partial charge in [0.25, 0.3) is 13.3 Å². The van der Waals surface area contributed by atoms with E-state index in [4.69, 9.17) is 39.3 Å². The van der Waals surface area contributed by atoms with Crippen LogP contribution in [0.1, 0.15) is 22.8 Å². The lowest BCUT2D eigenvalue weighted by molar-refractivity contribution is 0.0945. The molecule has 8 heteroatoms. The van der Waals surface area contributed by atoms with Gasteiger partial charge in [-0.3, -0.25) is 9.36 Å². The van der Waals surface area contributed by atoms with E-state index in [2.05, 4.69) is 5.32 Å². The Bertz CT molecular complexity index is 809. The molecule has 0 aliphatic carbocycles. The third-order valence-electron chi connectivity index (χ3n) is 3.74. The van der Waals surface area contributed by atoms with E-state index in [1.54, 1.807) is 62.4 Å². The first-order chi connectivity index (χ1) is 12.2. The lowest BCUT2D eigenvalue weighted by atomic mass is 10.1. The molecule has 0 bridgehead atoms. The summed E-state index contributed by atoms with van der Waals surface area (Å²) in [6.07, 6.45) is 0. The summed E-state index contributed by atoms with van der Waals surface area (Å²) in [5.41, 5.74) is 1.15. The van der Waals surface area contributed by atoms with Crippen LogP contribution in [-0.4, -0.2) is 22.1 Å². The van der Waals surface area contributed by atoms with Crippen molar-refractivity contribution in [3.05, 3.63) is 65.7 Å². The van der Waals surface area contributed by atoms with E-state index in [1.807, 2.05) is 6.07 Å². The maximum absolute atomic E-state index is 13.7. The van der Waals surface area contributed by atoms with Crippen LogP contribution in [0.2, 0.25) is 0 Å². The van der Waals surface area contributed by atoms with E-state index in [-0.39, 0.29) is 6.61 Å². The summed E-state index contributed by atoms with van der Waals surface area (Å²) in [5, 5.41) is 2.98. The molecule has 26 heavy (non-hydrogen) atoms. The van der Waals surface area contributed by atoms with Crippen LogP contribution in [-0.2, 0) is 9.09 Å². The Morgan fingerprint density at radius 3 is 2.23 bits per heavy atom. The van der Waals surface area contributed by atoms with Crippen LogP contribution in [0.25, 0.3) is 0 Å². The molecule has 0 heterocycles. The highest BCUT2D eigenvalue weighted by molar-refractivity contribution is 7.68. The molecule has 2 rings (SSSR count). The first-order valence-corrected chi connectivity index (χ1v) is 10.8. The number of nitrogens with one attached hydrogen (secondary N) is 1. The first-order valence-electron chi connectivity index (χ1n) is 7.93. The van der Waals surface area contributed by atoms with Crippen LogP contribution in [0.4, 0.5) is 0 Å². The lowest BCUT2D eigenvalue weighted by Crippen LogP contribution is -2.46. The van der Waals surface area contributed by atoms with Gasteiger partial charge in [-0.1, -0.05) is 71.2 Å². The molecule has 2 aromatic carbocycles. The van der Waals surface area contributed by atoms with Crippen molar-refractivity contribution < 1.29 is 13.9 Å². The quantitative estimate of drug-likeness (QED) is 0.511. The van der Waals surface area contributed by atoms with Crippen molar-refractivity contribution in [3.63, 3.8) is 0 Å². The molecule has 4 nitrogen and oxygen atoms in total. The molecule has 0 aliphatic heterocycles. The van der Waals surface area contributed by atoms with Crippen LogP contribution < -0.4 is 10.6 Å². The molecule has 2 atom stereocenters. The van der Waals surface area contributed by atoms with Crippen molar-refractivity contribution >= 4 is 53.4 Å². The third kappa shape index (κ3) is 4.82. The lowest BCUT2D eigenvalue weighted by Gasteiger charge is -2.32. The Morgan fingerprint density at radius 1 is 1.12 bits per heavy atom. The van der Waals surface area contributed by atoms with E-state index in [1.165, 1.54) is 0 Å². The number of carbonyl (C=O) groups excluding carboxylic acids is 1. The van der Waals surface area contributed by atoms with Crippen molar-refractivity contribution in [2.75, 3.05) is 6.61 Å². The average Bonchev–Trinajstić information content (AvgIpc) is 2.59. The van der Waals surface area contributed by atoms with E-state index >= 15 is 0 Å². The van der Waals surface area contributed by atoms with Gasteiger partial charge in [-0.2, -0.15) is 0 Å². The highest BCUT2D eigenvalue weighted by atomic mass is 35.6. The Morgan fingerprint density at radius 2 is 1.69 bits per heavy atom. The molecule has 0 spiro atoms. The summed E-state index contributed by atoms with van der Waals surface area (Å²) >= 11 is 18.3. The fourth-order valence-corrected chi connectivity index (χ4v) is 6.07. The standard InChI is InChI=1S/C18H19Cl3NO3P/c1-3-25-26(24,14-10-5-4-6-11-14)17(18(19,20)21)22-16(23)15-12-8-7-9-13(15)2/h4-12,17H,3H2,1-2H3,(H,22,23)/t17-,26-/m0/s1. The molecule has 0 aromatic heterocycles. The summed E-state index contributed by atoms with van der Waals surface area (Å²) < 4.78 is 17.2. The predicted octanol–water partition coefficient (Wildman–Crippen LogP) is 5.06. The number of alkyl halides is 3. The van der Waals surface area contributed by atoms with Gasteiger partial charge in [-0.05, 0) is 37.6 Å². The zero-order chi connectivity index (χ0) is 19.4. The van der Waals surface area contributed by atoms with Crippen molar-refractivity contribution in [2.45, 2.75) is 23.4 Å². The maximum atomic E-state index is 13.7. The molecule has 0 aliphatic rings. The zero-order valence-corrected chi connectivity index (χ0v) is 17.4. The molecule has 2 aromatic rings. The summed E-state index contributed by atoms with van der Waals surface area (Å²) in [4.78, 5) is 12.7. The van der Waals surface area contributed by atoms with Crippen LogP contribution in [0.3, 0.4) is 0 Å². The second-order valence-corrected chi connectivity index (χ2v) is 10.4. The van der Waals surface area contributed by atoms with Crippen molar-refractivity contribution in [1.29, 1.82) is 0 Å². The van der Waals surface area contributed by atoms with Gasteiger partial charge >= 0.3 is 0 Å². The Balaban J connectivity index is 2.47. The SMILES string of the molecule is CCO[P@@](=O)(c1ccccc1)[C@H](NC(=O)c1ccccc1C)C(Cl)(Cl)Cl. The van der Waals surface area contributed by atoms with Gasteiger partial charge in [0.15, 0.2) is 5.78 Å². The summed E-state index contributed by atoms with van der Waals surface area (Å²) in [6.45, 7) is 3.61. The van der Waals surface area contributed by atoms with E-state index < -0.39 is 22.9 Å². The number of hydrogen-bond acceptors (Lipinski definition) is 3. The molecule has 1 amide bonds. The molecule has 0 radical (unpaired) electrons. The number of aryl methyl sites for hydroxylation is 1. The third-order valence-corrected chi connectivity index (χ3v) is 7.71.